The lowest BCUT2D eigenvalue weighted by atomic mass is 9.95. The number of esters is 1. The van der Waals surface area contributed by atoms with Gasteiger partial charge in [-0.05, 0) is 93.0 Å². The summed E-state index contributed by atoms with van der Waals surface area (Å²) in [4.78, 5) is 19.4. The van der Waals surface area contributed by atoms with E-state index < -0.39 is 0 Å². The Labute approximate surface area is 409 Å². The van der Waals surface area contributed by atoms with Crippen LogP contribution in [-0.4, -0.2) is 25.8 Å². The molecule has 0 saturated carbocycles. The highest BCUT2D eigenvalue weighted by Gasteiger charge is 2.25. The van der Waals surface area contributed by atoms with E-state index >= 15 is 0 Å². The number of hydrogen-bond donors (Lipinski definition) is 0. The van der Waals surface area contributed by atoms with Crippen molar-refractivity contribution in [2.75, 3.05) is 19.8 Å². The molecule has 0 aliphatic heterocycles. The van der Waals surface area contributed by atoms with Gasteiger partial charge in [0.15, 0.2) is 0 Å². The fraction of sp³-hybridized carbons (Fsp3) is 0.632. The summed E-state index contributed by atoms with van der Waals surface area (Å²) in [7, 11) is 0. The summed E-state index contributed by atoms with van der Waals surface area (Å²) in [5.74, 6) is 3.80. The molecule has 0 bridgehead atoms. The van der Waals surface area contributed by atoms with Gasteiger partial charge in [0.05, 0.1) is 24.7 Å². The summed E-state index contributed by atoms with van der Waals surface area (Å²) in [6.07, 6.45) is 24.6. The third-order valence-electron chi connectivity index (χ3n) is 13.7. The number of fused-ring (bicyclic) bond motifs is 4. The highest BCUT2D eigenvalue weighted by Crippen LogP contribution is 2.52. The molecule has 0 radical (unpaired) electrons. The Morgan fingerprint density at radius 3 is 1.58 bits per heavy atom. The van der Waals surface area contributed by atoms with E-state index in [1.165, 1.54) is 171 Å². The maximum absolute atomic E-state index is 13.5. The first kappa shape index (κ1) is 51.7. The third-order valence-corrected chi connectivity index (χ3v) is 18.8. The highest BCUT2D eigenvalue weighted by molar-refractivity contribution is 7.30. The van der Waals surface area contributed by atoms with E-state index in [-0.39, 0.29) is 5.97 Å². The van der Waals surface area contributed by atoms with E-state index in [0.717, 1.165) is 42.9 Å². The molecule has 0 aliphatic carbocycles. The zero-order valence-corrected chi connectivity index (χ0v) is 45.0. The van der Waals surface area contributed by atoms with Crippen LogP contribution in [0, 0.1) is 24.7 Å². The van der Waals surface area contributed by atoms with Gasteiger partial charge in [-0.1, -0.05) is 152 Å². The Morgan fingerprint density at radius 2 is 1.05 bits per heavy atom. The van der Waals surface area contributed by atoms with Crippen molar-refractivity contribution < 1.29 is 19.0 Å². The quantitative estimate of drug-likeness (QED) is 0.0322. The van der Waals surface area contributed by atoms with Crippen LogP contribution in [0.2, 0.25) is 0 Å². The van der Waals surface area contributed by atoms with Crippen LogP contribution in [0.3, 0.4) is 0 Å². The number of rotatable bonds is 31. The third kappa shape index (κ3) is 13.5. The summed E-state index contributed by atoms with van der Waals surface area (Å²) >= 11 is 7.22. The van der Waals surface area contributed by atoms with Crippen LogP contribution in [0.1, 0.15) is 209 Å². The number of ether oxygens (including phenoxy) is 3. The highest BCUT2D eigenvalue weighted by atomic mass is 32.1. The van der Waals surface area contributed by atoms with Crippen LogP contribution in [0.25, 0.3) is 50.8 Å². The summed E-state index contributed by atoms with van der Waals surface area (Å²) in [5, 5.41) is 5.94. The largest absolute Gasteiger partial charge is 0.492 e. The molecule has 4 heterocycles. The summed E-state index contributed by atoms with van der Waals surface area (Å²) in [6, 6.07) is 11.8. The number of benzene rings is 2. The van der Waals surface area contributed by atoms with Crippen molar-refractivity contribution in [1.29, 1.82) is 0 Å². The number of hydrogen-bond acceptors (Lipinski definition) is 8. The molecule has 2 aromatic carbocycles. The minimum Gasteiger partial charge on any atom is -0.492 e. The van der Waals surface area contributed by atoms with Gasteiger partial charge in [-0.3, -0.25) is 0 Å². The molecule has 65 heavy (non-hydrogen) atoms. The fourth-order valence-electron chi connectivity index (χ4n) is 9.44. The zero-order chi connectivity index (χ0) is 46.3. The van der Waals surface area contributed by atoms with Gasteiger partial charge >= 0.3 is 5.97 Å². The SMILES string of the molecule is CCCCCCC(CCCC)COc1c2cc(-c3sc(C)c4sc(C(=O)OCC(CC)CCCC)cc34)sc2cc2c(OCC(CCCC)CCCCCC)c3cc(C(C)C)sc3cc12. The van der Waals surface area contributed by atoms with Crippen molar-refractivity contribution in [3.8, 4) is 21.3 Å². The summed E-state index contributed by atoms with van der Waals surface area (Å²) < 4.78 is 24.3. The van der Waals surface area contributed by atoms with E-state index in [1.807, 2.05) is 34.0 Å². The number of aryl methyl sites for hydroxylation is 1. The minimum absolute atomic E-state index is 0.187. The van der Waals surface area contributed by atoms with Gasteiger partial charge in [0.1, 0.15) is 16.4 Å². The molecule has 0 aliphatic rings. The van der Waals surface area contributed by atoms with E-state index in [4.69, 9.17) is 14.2 Å². The molecule has 0 spiro atoms. The number of unbranched alkanes of at least 4 members (excludes halogenated alkanes) is 9. The van der Waals surface area contributed by atoms with Crippen molar-refractivity contribution in [3.63, 3.8) is 0 Å². The molecule has 6 aromatic rings. The van der Waals surface area contributed by atoms with E-state index in [2.05, 4.69) is 92.6 Å². The van der Waals surface area contributed by atoms with E-state index in [9.17, 15) is 4.79 Å². The average molecular weight is 960 g/mol. The molecule has 0 N–H and O–H groups in total. The minimum atomic E-state index is -0.187. The lowest BCUT2D eigenvalue weighted by Crippen LogP contribution is -2.13. The second-order valence-corrected chi connectivity index (χ2v) is 23.9. The van der Waals surface area contributed by atoms with Gasteiger partial charge in [-0.2, -0.15) is 0 Å². The van der Waals surface area contributed by atoms with Crippen molar-refractivity contribution in [2.24, 2.45) is 17.8 Å². The van der Waals surface area contributed by atoms with Crippen molar-refractivity contribution in [1.82, 2.24) is 0 Å². The standard InChI is InChI=1S/C57H82O4S4/c1-10-16-21-23-28-41(26-19-13-4)36-59-53-44-31-50-46(33-51(64-50)56-47-34-52(65-55(47)39(9)62-56)57(58)61-35-40(15-6)25-18-12-3)54(43(44)30-49-45(53)32-48(63-49)38(7)8)60-37-42(27-20-14-5)29-24-22-17-11-2/h30-34,38,40-42H,10-29,35-37H2,1-9H3. The molecule has 358 valence electrons. The zero-order valence-electron chi connectivity index (χ0n) is 41.7. The van der Waals surface area contributed by atoms with Crippen LogP contribution in [0.4, 0.5) is 0 Å². The Balaban J connectivity index is 1.46. The molecule has 6 rings (SSSR count). The normalized spacial score (nSPS) is 13.5. The molecule has 3 unspecified atom stereocenters. The maximum Gasteiger partial charge on any atom is 0.348 e. The molecular formula is C57H82O4S4. The molecule has 8 heteroatoms. The van der Waals surface area contributed by atoms with E-state index in [0.29, 0.717) is 35.2 Å². The van der Waals surface area contributed by atoms with Gasteiger partial charge in [0.25, 0.3) is 0 Å². The lowest BCUT2D eigenvalue weighted by Gasteiger charge is -2.21. The molecule has 0 fully saturated rings. The monoisotopic (exact) mass is 959 g/mol. The lowest BCUT2D eigenvalue weighted by molar-refractivity contribution is 0.0434. The molecule has 4 nitrogen and oxygen atoms in total. The number of carbonyl (C=O) groups excluding carboxylic acids is 1. The first-order chi connectivity index (χ1) is 31.6. The van der Waals surface area contributed by atoms with Crippen LogP contribution < -0.4 is 9.47 Å². The topological polar surface area (TPSA) is 44.8 Å². The average Bonchev–Trinajstić information content (AvgIpc) is 4.11. The Morgan fingerprint density at radius 1 is 0.523 bits per heavy atom. The van der Waals surface area contributed by atoms with Gasteiger partial charge in [0.2, 0.25) is 0 Å². The molecule has 0 saturated heterocycles. The van der Waals surface area contributed by atoms with Gasteiger partial charge in [-0.15, -0.1) is 45.3 Å². The predicted octanol–water partition coefficient (Wildman–Crippen LogP) is 20.3. The van der Waals surface area contributed by atoms with Crippen LogP contribution in [-0.2, 0) is 4.74 Å². The van der Waals surface area contributed by atoms with Crippen molar-refractivity contribution in [2.45, 2.75) is 197 Å². The second kappa shape index (κ2) is 26.2. The van der Waals surface area contributed by atoms with Crippen molar-refractivity contribution >= 4 is 92.3 Å². The summed E-state index contributed by atoms with van der Waals surface area (Å²) in [5.41, 5.74) is 0. The Kier molecular flexibility index (Phi) is 20.9. The molecule has 4 aromatic heterocycles. The fourth-order valence-corrected chi connectivity index (χ4v) is 14.1. The van der Waals surface area contributed by atoms with Gasteiger partial charge in [0, 0.05) is 55.7 Å². The number of carbonyl (C=O) groups is 1. The van der Waals surface area contributed by atoms with E-state index in [1.54, 1.807) is 11.3 Å². The summed E-state index contributed by atoms with van der Waals surface area (Å²) in [6.45, 7) is 22.5. The Hall–Kier alpha value is -2.65. The predicted molar refractivity (Wildman–Crippen MR) is 290 cm³/mol. The number of thiophene rings is 4. The molecular weight excluding hydrogens is 877 g/mol. The second-order valence-electron chi connectivity index (χ2n) is 19.4. The first-order valence-electron chi connectivity index (χ1n) is 26.1. The van der Waals surface area contributed by atoms with Crippen molar-refractivity contribution in [3.05, 3.63) is 45.0 Å². The maximum atomic E-state index is 13.5. The van der Waals surface area contributed by atoms with Gasteiger partial charge in [-0.25, -0.2) is 4.79 Å². The smallest absolute Gasteiger partial charge is 0.348 e. The van der Waals surface area contributed by atoms with Crippen LogP contribution in [0.15, 0.2) is 30.3 Å². The molecule has 0 amide bonds. The van der Waals surface area contributed by atoms with Crippen LogP contribution >= 0.6 is 45.3 Å². The van der Waals surface area contributed by atoms with Crippen LogP contribution in [0.5, 0.6) is 11.5 Å². The van der Waals surface area contributed by atoms with Gasteiger partial charge < -0.3 is 14.2 Å². The molecule has 3 atom stereocenters. The Bertz CT molecular complexity index is 2370. The first-order valence-corrected chi connectivity index (χ1v) is 29.3.